The zero-order valence-electron chi connectivity index (χ0n) is 18.8. The van der Waals surface area contributed by atoms with Gasteiger partial charge < -0.3 is 25.0 Å². The lowest BCUT2D eigenvalue weighted by atomic mass is 10.0. The van der Waals surface area contributed by atoms with Crippen molar-refractivity contribution >= 4 is 35.0 Å². The van der Waals surface area contributed by atoms with E-state index < -0.39 is 5.79 Å². The number of hydrogen-bond donors (Lipinski definition) is 2. The van der Waals surface area contributed by atoms with Crippen LogP contribution in [0.3, 0.4) is 0 Å². The molecule has 2 saturated heterocycles. The van der Waals surface area contributed by atoms with Gasteiger partial charge in [-0.1, -0.05) is 24.3 Å². The molecule has 2 aromatic rings. The monoisotopic (exact) mass is 467 g/mol. The smallest absolute Gasteiger partial charge is 0.253 e. The number of likely N-dealkylation sites (tertiary alicyclic amines) is 1. The van der Waals surface area contributed by atoms with E-state index in [-0.39, 0.29) is 17.9 Å². The van der Waals surface area contributed by atoms with Gasteiger partial charge in [-0.3, -0.25) is 9.59 Å². The van der Waals surface area contributed by atoms with Crippen molar-refractivity contribution in [2.75, 3.05) is 42.7 Å². The number of carbonyl (C=O) groups excluding carboxylic acids is 2. The van der Waals surface area contributed by atoms with Gasteiger partial charge in [0.05, 0.1) is 24.6 Å². The molecule has 1 spiro atoms. The largest absolute Gasteiger partial charge is 0.371 e. The molecule has 8 heteroatoms. The van der Waals surface area contributed by atoms with Crippen LogP contribution in [0.5, 0.6) is 0 Å². The van der Waals surface area contributed by atoms with Crippen molar-refractivity contribution in [1.82, 2.24) is 4.90 Å². The summed E-state index contributed by atoms with van der Waals surface area (Å²) in [6.45, 7) is 4.55. The Balaban J connectivity index is 1.18. The molecule has 0 radical (unpaired) electrons. The number of thioether (sulfide) groups is 1. The van der Waals surface area contributed by atoms with Crippen LogP contribution in [0.4, 0.5) is 11.4 Å². The van der Waals surface area contributed by atoms with Crippen molar-refractivity contribution in [2.45, 2.75) is 37.3 Å². The van der Waals surface area contributed by atoms with Gasteiger partial charge in [0.1, 0.15) is 6.04 Å². The number of hydrogen-bond acceptors (Lipinski definition) is 6. The summed E-state index contributed by atoms with van der Waals surface area (Å²) in [6, 6.07) is 13.5. The van der Waals surface area contributed by atoms with E-state index in [2.05, 4.69) is 29.7 Å². The van der Waals surface area contributed by atoms with Crippen LogP contribution in [0, 0.1) is 6.92 Å². The highest BCUT2D eigenvalue weighted by Crippen LogP contribution is 2.33. The minimum absolute atomic E-state index is 0.0317. The summed E-state index contributed by atoms with van der Waals surface area (Å²) in [5.41, 5.74) is 4.63. The molecule has 0 unspecified atom stereocenters. The molecule has 2 aromatic carbocycles. The van der Waals surface area contributed by atoms with Gasteiger partial charge in [0.2, 0.25) is 5.91 Å². The second-order valence-corrected chi connectivity index (χ2v) is 9.82. The normalized spacial score (nSPS) is 21.4. The molecule has 3 aliphatic rings. The summed E-state index contributed by atoms with van der Waals surface area (Å²) in [6.07, 6.45) is 1.37. The molecule has 5 rings (SSSR count). The Hall–Kier alpha value is -2.55. The van der Waals surface area contributed by atoms with Crippen LogP contribution < -0.4 is 10.6 Å². The Kier molecular flexibility index (Phi) is 6.32. The Morgan fingerprint density at radius 3 is 2.64 bits per heavy atom. The summed E-state index contributed by atoms with van der Waals surface area (Å²) in [4.78, 5) is 27.6. The molecule has 3 aliphatic heterocycles. The summed E-state index contributed by atoms with van der Waals surface area (Å²) < 4.78 is 11.5. The summed E-state index contributed by atoms with van der Waals surface area (Å²) >= 11 is 1.74. The zero-order valence-corrected chi connectivity index (χ0v) is 19.6. The number of carbonyl (C=O) groups is 2. The number of aryl methyl sites for hydroxylation is 1. The number of ether oxygens (including phenoxy) is 2. The number of nitrogens with zero attached hydrogens (tertiary/aromatic N) is 1. The molecule has 33 heavy (non-hydrogen) atoms. The first-order chi connectivity index (χ1) is 16.0. The zero-order chi connectivity index (χ0) is 22.8. The van der Waals surface area contributed by atoms with Crippen LogP contribution in [-0.4, -0.2) is 60.6 Å². The van der Waals surface area contributed by atoms with Crippen molar-refractivity contribution in [3.05, 3.63) is 59.2 Å². The van der Waals surface area contributed by atoms with Crippen LogP contribution >= 0.6 is 11.8 Å². The quantitative estimate of drug-likeness (QED) is 0.699. The molecule has 0 aliphatic carbocycles. The second kappa shape index (κ2) is 9.37. The first-order valence-electron chi connectivity index (χ1n) is 11.4. The molecule has 2 N–H and O–H groups in total. The summed E-state index contributed by atoms with van der Waals surface area (Å²) in [5.74, 6) is 0.929. The van der Waals surface area contributed by atoms with E-state index in [4.69, 9.17) is 9.47 Å². The maximum atomic E-state index is 13.0. The fraction of sp³-hybridized carbons (Fsp3) is 0.440. The van der Waals surface area contributed by atoms with Gasteiger partial charge in [-0.2, -0.15) is 11.8 Å². The highest BCUT2D eigenvalue weighted by Gasteiger charge is 2.41. The molecule has 0 bridgehead atoms. The number of benzene rings is 2. The fourth-order valence-electron chi connectivity index (χ4n) is 4.57. The Bertz CT molecular complexity index is 1040. The molecule has 0 saturated carbocycles. The van der Waals surface area contributed by atoms with Gasteiger partial charge in [0.25, 0.3) is 5.91 Å². The number of amides is 2. The van der Waals surface area contributed by atoms with Gasteiger partial charge in [-0.25, -0.2) is 0 Å². The van der Waals surface area contributed by atoms with Gasteiger partial charge in [0, 0.05) is 43.0 Å². The average Bonchev–Trinajstić information content (AvgIpc) is 3.28. The molecule has 0 aromatic heterocycles. The molecule has 174 valence electrons. The van der Waals surface area contributed by atoms with Crippen molar-refractivity contribution in [3.63, 3.8) is 0 Å². The third-order valence-electron chi connectivity index (χ3n) is 6.60. The van der Waals surface area contributed by atoms with Crippen LogP contribution in [0.1, 0.15) is 34.3 Å². The van der Waals surface area contributed by atoms with Crippen molar-refractivity contribution < 1.29 is 19.1 Å². The van der Waals surface area contributed by atoms with Crippen LogP contribution in [-0.2, 0) is 20.0 Å². The van der Waals surface area contributed by atoms with Gasteiger partial charge in [-0.15, -0.1) is 0 Å². The fourth-order valence-corrected chi connectivity index (χ4v) is 5.71. The summed E-state index contributed by atoms with van der Waals surface area (Å²) in [5, 5.41) is 6.32. The maximum Gasteiger partial charge on any atom is 0.253 e. The predicted molar refractivity (Wildman–Crippen MR) is 130 cm³/mol. The maximum absolute atomic E-state index is 13.0. The third kappa shape index (κ3) is 4.74. The van der Waals surface area contributed by atoms with Crippen molar-refractivity contribution in [1.29, 1.82) is 0 Å². The van der Waals surface area contributed by atoms with Crippen molar-refractivity contribution in [2.24, 2.45) is 0 Å². The Morgan fingerprint density at radius 2 is 1.88 bits per heavy atom. The average molecular weight is 468 g/mol. The molecular formula is C25H29N3O4S. The standard InChI is InChI=1S/C25H29N3O4S/c1-17-4-2-3-5-19(17)15-33-16-22-23(29)27-21-14-18(6-7-20(21)26-22)24(30)28-10-8-25(9-11-28)31-12-13-32-25/h2-7,14,22,26H,8-13,15-16H2,1H3,(H,27,29)/t22-/m1/s1. The lowest BCUT2D eigenvalue weighted by Crippen LogP contribution is -2.47. The number of nitrogens with one attached hydrogen (secondary N) is 2. The number of fused-ring (bicyclic) bond motifs is 1. The lowest BCUT2D eigenvalue weighted by molar-refractivity contribution is -0.181. The first kappa shape index (κ1) is 22.3. The minimum atomic E-state index is -0.503. The van der Waals surface area contributed by atoms with Gasteiger partial charge in [-0.05, 0) is 36.2 Å². The topological polar surface area (TPSA) is 79.9 Å². The molecule has 3 heterocycles. The van der Waals surface area contributed by atoms with E-state index in [0.717, 1.165) is 11.4 Å². The Morgan fingerprint density at radius 1 is 1.12 bits per heavy atom. The molecule has 2 fully saturated rings. The third-order valence-corrected chi connectivity index (χ3v) is 7.68. The second-order valence-electron chi connectivity index (χ2n) is 8.79. The Labute approximate surface area is 198 Å². The number of piperidine rings is 1. The highest BCUT2D eigenvalue weighted by molar-refractivity contribution is 7.98. The van der Waals surface area contributed by atoms with Gasteiger partial charge in [0.15, 0.2) is 5.79 Å². The van der Waals surface area contributed by atoms with E-state index in [9.17, 15) is 9.59 Å². The van der Waals surface area contributed by atoms with Gasteiger partial charge >= 0.3 is 0 Å². The van der Waals surface area contributed by atoms with E-state index in [0.29, 0.717) is 56.1 Å². The van der Waals surface area contributed by atoms with Crippen LogP contribution in [0.25, 0.3) is 0 Å². The summed E-state index contributed by atoms with van der Waals surface area (Å²) in [7, 11) is 0. The molecule has 2 amide bonds. The minimum Gasteiger partial charge on any atom is -0.371 e. The van der Waals surface area contributed by atoms with E-state index >= 15 is 0 Å². The highest BCUT2D eigenvalue weighted by atomic mass is 32.2. The van der Waals surface area contributed by atoms with Crippen LogP contribution in [0.2, 0.25) is 0 Å². The predicted octanol–water partition coefficient (Wildman–Crippen LogP) is 3.64. The van der Waals surface area contributed by atoms with Crippen molar-refractivity contribution in [3.8, 4) is 0 Å². The first-order valence-corrected chi connectivity index (χ1v) is 12.6. The molecule has 1 atom stereocenters. The number of rotatable bonds is 5. The number of anilines is 2. The van der Waals surface area contributed by atoms with E-state index in [1.165, 1.54) is 11.1 Å². The SMILES string of the molecule is Cc1ccccc1CSC[C@H]1Nc2ccc(C(=O)N3CCC4(CC3)OCCO4)cc2NC1=O. The molecule has 7 nitrogen and oxygen atoms in total. The van der Waals surface area contributed by atoms with E-state index in [1.807, 2.05) is 29.2 Å². The molecular weight excluding hydrogens is 438 g/mol. The van der Waals surface area contributed by atoms with E-state index in [1.54, 1.807) is 17.8 Å². The lowest BCUT2D eigenvalue weighted by Gasteiger charge is -2.37. The van der Waals surface area contributed by atoms with Crippen LogP contribution in [0.15, 0.2) is 42.5 Å².